The van der Waals surface area contributed by atoms with Crippen molar-refractivity contribution in [2.24, 2.45) is 0 Å². The van der Waals surface area contributed by atoms with Crippen LogP contribution in [0.4, 0.5) is 0 Å². The van der Waals surface area contributed by atoms with E-state index in [0.717, 1.165) is 38.5 Å². The first-order valence-electron chi connectivity index (χ1n) is 29.3. The standard InChI is InChI=1S/C58H115NO5/c1-3-5-7-9-11-13-14-15-29-32-36-40-44-48-52-58(63)64-53-49-45-41-37-33-30-27-25-23-21-19-17-16-18-20-22-24-26-28-31-35-39-43-47-51-57(62)59-55(54-60)56(61)50-46-42-38-34-12-10-8-6-4-2/h55-56,60-61H,3-54H2,1-2H3,(H,59,62). The Hall–Kier alpha value is -1.14. The Kier molecular flexibility index (Phi) is 53.5. The van der Waals surface area contributed by atoms with Crippen molar-refractivity contribution >= 4 is 11.9 Å². The first-order chi connectivity index (χ1) is 31.5. The number of hydrogen-bond donors (Lipinski definition) is 3. The summed E-state index contributed by atoms with van der Waals surface area (Å²) in [5.74, 6) is -0.0163. The van der Waals surface area contributed by atoms with Crippen LogP contribution < -0.4 is 5.32 Å². The molecule has 6 heteroatoms. The van der Waals surface area contributed by atoms with Gasteiger partial charge in [-0.15, -0.1) is 0 Å². The second-order valence-electron chi connectivity index (χ2n) is 20.3. The van der Waals surface area contributed by atoms with E-state index in [2.05, 4.69) is 19.2 Å². The van der Waals surface area contributed by atoms with Crippen LogP contribution in [-0.4, -0.2) is 47.4 Å². The Morgan fingerprint density at radius 2 is 0.641 bits per heavy atom. The van der Waals surface area contributed by atoms with Crippen molar-refractivity contribution < 1.29 is 24.5 Å². The Labute approximate surface area is 400 Å². The molecule has 0 heterocycles. The van der Waals surface area contributed by atoms with E-state index in [4.69, 9.17) is 4.74 Å². The monoisotopic (exact) mass is 906 g/mol. The van der Waals surface area contributed by atoms with Crippen molar-refractivity contribution in [3.05, 3.63) is 0 Å². The number of ether oxygens (including phenoxy) is 1. The van der Waals surface area contributed by atoms with Crippen LogP contribution in [0, 0.1) is 0 Å². The molecule has 0 saturated heterocycles. The molecule has 3 N–H and O–H groups in total. The molecule has 2 unspecified atom stereocenters. The maximum atomic E-state index is 12.4. The fourth-order valence-corrected chi connectivity index (χ4v) is 9.41. The van der Waals surface area contributed by atoms with Crippen molar-refractivity contribution in [3.63, 3.8) is 0 Å². The second-order valence-corrected chi connectivity index (χ2v) is 20.3. The zero-order valence-electron chi connectivity index (χ0n) is 43.5. The quantitative estimate of drug-likeness (QED) is 0.0417. The lowest BCUT2D eigenvalue weighted by molar-refractivity contribution is -0.143. The molecule has 1 amide bonds. The van der Waals surface area contributed by atoms with E-state index < -0.39 is 12.1 Å². The highest BCUT2D eigenvalue weighted by Crippen LogP contribution is 2.18. The number of carbonyl (C=O) groups is 2. The van der Waals surface area contributed by atoms with Gasteiger partial charge in [-0.05, 0) is 25.7 Å². The minimum Gasteiger partial charge on any atom is -0.466 e. The average Bonchev–Trinajstić information content (AvgIpc) is 3.29. The summed E-state index contributed by atoms with van der Waals surface area (Å²) < 4.78 is 5.48. The average molecular weight is 907 g/mol. The zero-order valence-corrected chi connectivity index (χ0v) is 43.5. The number of carbonyl (C=O) groups excluding carboxylic acids is 2. The molecule has 0 spiro atoms. The van der Waals surface area contributed by atoms with Crippen LogP contribution >= 0.6 is 0 Å². The Bertz CT molecular complexity index is 913. The van der Waals surface area contributed by atoms with Crippen molar-refractivity contribution in [3.8, 4) is 0 Å². The third-order valence-electron chi connectivity index (χ3n) is 13.9. The van der Waals surface area contributed by atoms with E-state index in [9.17, 15) is 19.8 Å². The minimum atomic E-state index is -0.659. The zero-order chi connectivity index (χ0) is 46.5. The SMILES string of the molecule is CCCCCCCCCCCCCCCCC(=O)OCCCCCCCCCCCCCCCCCCCCCCCCCCC(=O)NC(CO)C(O)CCCCCCCCCCC. The van der Waals surface area contributed by atoms with Gasteiger partial charge >= 0.3 is 5.97 Å². The van der Waals surface area contributed by atoms with Crippen LogP contribution in [0.1, 0.15) is 335 Å². The lowest BCUT2D eigenvalue weighted by atomic mass is 10.0. The first-order valence-corrected chi connectivity index (χ1v) is 29.3. The lowest BCUT2D eigenvalue weighted by Gasteiger charge is -2.22. The van der Waals surface area contributed by atoms with Gasteiger partial charge in [-0.3, -0.25) is 9.59 Å². The highest BCUT2D eigenvalue weighted by molar-refractivity contribution is 5.76. The van der Waals surface area contributed by atoms with Gasteiger partial charge in [-0.2, -0.15) is 0 Å². The van der Waals surface area contributed by atoms with Crippen molar-refractivity contribution in [2.75, 3.05) is 13.2 Å². The first kappa shape index (κ1) is 62.9. The lowest BCUT2D eigenvalue weighted by Crippen LogP contribution is -2.45. The Morgan fingerprint density at radius 1 is 0.375 bits per heavy atom. The van der Waals surface area contributed by atoms with Crippen LogP contribution in [0.5, 0.6) is 0 Å². The highest BCUT2D eigenvalue weighted by atomic mass is 16.5. The number of esters is 1. The Balaban J connectivity index is 3.31. The highest BCUT2D eigenvalue weighted by Gasteiger charge is 2.20. The molecule has 0 rings (SSSR count). The van der Waals surface area contributed by atoms with Crippen LogP contribution in [0.3, 0.4) is 0 Å². The van der Waals surface area contributed by atoms with Crippen molar-refractivity contribution in [1.29, 1.82) is 0 Å². The van der Waals surface area contributed by atoms with Crippen LogP contribution in [-0.2, 0) is 14.3 Å². The Morgan fingerprint density at radius 3 is 0.953 bits per heavy atom. The molecule has 0 aliphatic rings. The third-order valence-corrected chi connectivity index (χ3v) is 13.9. The largest absolute Gasteiger partial charge is 0.466 e. The van der Waals surface area contributed by atoms with Gasteiger partial charge in [-0.1, -0.05) is 296 Å². The summed E-state index contributed by atoms with van der Waals surface area (Å²) >= 11 is 0. The summed E-state index contributed by atoms with van der Waals surface area (Å²) in [5, 5.41) is 23.1. The number of aliphatic hydroxyl groups is 2. The molecular weight excluding hydrogens is 791 g/mol. The van der Waals surface area contributed by atoms with E-state index in [0.29, 0.717) is 25.9 Å². The maximum absolute atomic E-state index is 12.4. The molecule has 0 aromatic rings. The number of amides is 1. The van der Waals surface area contributed by atoms with E-state index in [1.807, 2.05) is 0 Å². The summed E-state index contributed by atoms with van der Waals surface area (Å²) in [4.78, 5) is 24.4. The predicted molar refractivity (Wildman–Crippen MR) is 278 cm³/mol. The summed E-state index contributed by atoms with van der Waals surface area (Å²) in [6.07, 6.45) is 62.6. The van der Waals surface area contributed by atoms with Gasteiger partial charge < -0.3 is 20.3 Å². The normalized spacial score (nSPS) is 12.5. The number of unbranched alkanes of at least 4 members (excludes halogenated alkanes) is 44. The molecule has 0 aliphatic carbocycles. The van der Waals surface area contributed by atoms with Crippen molar-refractivity contribution in [2.45, 2.75) is 347 Å². The van der Waals surface area contributed by atoms with Gasteiger partial charge in [0, 0.05) is 12.8 Å². The summed E-state index contributed by atoms with van der Waals surface area (Å²) in [5.41, 5.74) is 0. The van der Waals surface area contributed by atoms with Gasteiger partial charge in [0.1, 0.15) is 0 Å². The molecule has 0 radical (unpaired) electrons. The molecule has 0 aromatic heterocycles. The number of aliphatic hydroxyl groups excluding tert-OH is 2. The van der Waals surface area contributed by atoms with E-state index >= 15 is 0 Å². The molecule has 2 atom stereocenters. The van der Waals surface area contributed by atoms with Gasteiger partial charge in [0.15, 0.2) is 0 Å². The topological polar surface area (TPSA) is 95.9 Å². The molecule has 0 bridgehead atoms. The number of nitrogens with one attached hydrogen (secondary N) is 1. The molecule has 0 aliphatic heterocycles. The second kappa shape index (κ2) is 54.5. The summed E-state index contributed by atoms with van der Waals surface area (Å²) in [6, 6.07) is -0.537. The third kappa shape index (κ3) is 50.3. The molecule has 0 saturated carbocycles. The van der Waals surface area contributed by atoms with Crippen molar-refractivity contribution in [1.82, 2.24) is 5.32 Å². The minimum absolute atomic E-state index is 0.0183. The molecule has 382 valence electrons. The molecule has 0 aromatic carbocycles. The molecule has 0 fully saturated rings. The molecular formula is C58H115NO5. The predicted octanol–water partition coefficient (Wildman–Crippen LogP) is 17.9. The van der Waals surface area contributed by atoms with Gasteiger partial charge in [0.05, 0.1) is 25.4 Å². The van der Waals surface area contributed by atoms with E-state index in [1.165, 1.54) is 263 Å². The molecule has 6 nitrogen and oxygen atoms in total. The number of hydrogen-bond acceptors (Lipinski definition) is 5. The maximum Gasteiger partial charge on any atom is 0.305 e. The van der Waals surface area contributed by atoms with Crippen LogP contribution in [0.15, 0.2) is 0 Å². The fraction of sp³-hybridized carbons (Fsp3) is 0.966. The number of rotatable bonds is 55. The van der Waals surface area contributed by atoms with Crippen LogP contribution in [0.25, 0.3) is 0 Å². The van der Waals surface area contributed by atoms with E-state index in [-0.39, 0.29) is 18.5 Å². The van der Waals surface area contributed by atoms with E-state index in [1.54, 1.807) is 0 Å². The van der Waals surface area contributed by atoms with Gasteiger partial charge in [-0.25, -0.2) is 0 Å². The van der Waals surface area contributed by atoms with Crippen LogP contribution in [0.2, 0.25) is 0 Å². The fourth-order valence-electron chi connectivity index (χ4n) is 9.41. The van der Waals surface area contributed by atoms with Gasteiger partial charge in [0.25, 0.3) is 0 Å². The van der Waals surface area contributed by atoms with Gasteiger partial charge in [0.2, 0.25) is 5.91 Å². The summed E-state index contributed by atoms with van der Waals surface area (Å²) in [6.45, 7) is 4.95. The molecule has 64 heavy (non-hydrogen) atoms. The smallest absolute Gasteiger partial charge is 0.305 e. The summed E-state index contributed by atoms with van der Waals surface area (Å²) in [7, 11) is 0.